The van der Waals surface area contributed by atoms with E-state index in [1.165, 1.54) is 11.3 Å². The number of aryl methyl sites for hydroxylation is 1. The molecule has 0 atom stereocenters. The van der Waals surface area contributed by atoms with Crippen molar-refractivity contribution in [3.63, 3.8) is 0 Å². The number of benzene rings is 2. The predicted molar refractivity (Wildman–Crippen MR) is 110 cm³/mol. The second-order valence-electron chi connectivity index (χ2n) is 6.22. The topological polar surface area (TPSA) is 65.4 Å². The molecule has 2 aromatic heterocycles. The molecule has 1 amide bonds. The van der Waals surface area contributed by atoms with E-state index in [1.54, 1.807) is 7.11 Å². The maximum atomic E-state index is 12.6. The number of rotatable bonds is 6. The minimum absolute atomic E-state index is 0.181. The summed E-state index contributed by atoms with van der Waals surface area (Å²) in [7, 11) is 3.51. The number of nitrogens with zero attached hydrogens (tertiary/aromatic N) is 2. The lowest BCUT2D eigenvalue weighted by molar-refractivity contribution is 0.102. The molecule has 0 aliphatic rings. The van der Waals surface area contributed by atoms with E-state index >= 15 is 0 Å². The number of amides is 1. The van der Waals surface area contributed by atoms with Crippen molar-refractivity contribution in [1.82, 2.24) is 9.55 Å². The summed E-state index contributed by atoms with van der Waals surface area (Å²) in [6.07, 6.45) is 0. The van der Waals surface area contributed by atoms with E-state index in [9.17, 15) is 4.79 Å². The fraction of sp³-hybridized carbons (Fsp3) is 0.143. The number of anilines is 1. The highest BCUT2D eigenvalue weighted by molar-refractivity contribution is 7.12. The molecule has 7 heteroatoms. The van der Waals surface area contributed by atoms with Gasteiger partial charge in [0.2, 0.25) is 5.95 Å². The van der Waals surface area contributed by atoms with E-state index in [0.29, 0.717) is 17.4 Å². The Morgan fingerprint density at radius 1 is 1.14 bits per heavy atom. The molecule has 0 unspecified atom stereocenters. The molecule has 1 N–H and O–H groups in total. The van der Waals surface area contributed by atoms with Gasteiger partial charge in [-0.3, -0.25) is 10.1 Å². The Morgan fingerprint density at radius 2 is 1.89 bits per heavy atom. The zero-order valence-corrected chi connectivity index (χ0v) is 16.3. The van der Waals surface area contributed by atoms with Crippen LogP contribution >= 0.6 is 11.3 Å². The van der Waals surface area contributed by atoms with Gasteiger partial charge in [0.25, 0.3) is 5.91 Å². The van der Waals surface area contributed by atoms with Crippen molar-refractivity contribution in [3.8, 4) is 11.5 Å². The van der Waals surface area contributed by atoms with Crippen molar-refractivity contribution < 1.29 is 14.3 Å². The Hall–Kier alpha value is -3.32. The number of nitrogens with one attached hydrogen (secondary N) is 1. The Labute approximate surface area is 166 Å². The Balaban J connectivity index is 1.41. The highest BCUT2D eigenvalue weighted by atomic mass is 32.1. The Kier molecular flexibility index (Phi) is 4.99. The summed E-state index contributed by atoms with van der Waals surface area (Å²) >= 11 is 1.38. The number of hydrogen-bond acceptors (Lipinski definition) is 5. The average molecular weight is 393 g/mol. The molecule has 2 heterocycles. The summed E-state index contributed by atoms with van der Waals surface area (Å²) in [5.74, 6) is 1.87. The Morgan fingerprint density at radius 3 is 2.64 bits per heavy atom. The normalized spacial score (nSPS) is 10.8. The molecule has 4 aromatic rings. The zero-order chi connectivity index (χ0) is 19.5. The first-order valence-electron chi connectivity index (χ1n) is 8.71. The van der Waals surface area contributed by atoms with E-state index in [0.717, 1.165) is 28.1 Å². The smallest absolute Gasteiger partial charge is 0.268 e. The number of methoxy groups -OCH3 is 1. The molecular weight excluding hydrogens is 374 g/mol. The molecule has 0 aliphatic carbocycles. The van der Waals surface area contributed by atoms with Gasteiger partial charge in [-0.2, -0.15) is 0 Å². The maximum absolute atomic E-state index is 12.6. The number of aromatic nitrogens is 2. The summed E-state index contributed by atoms with van der Waals surface area (Å²) in [4.78, 5) is 17.7. The van der Waals surface area contributed by atoms with Crippen molar-refractivity contribution in [2.24, 2.45) is 7.05 Å². The number of hydrogen-bond donors (Lipinski definition) is 1. The standard InChI is InChI=1S/C21H19N3O3S/c1-24-18-6-4-3-5-17(18)22-21(24)23-20(25)19-11-14(13-28-19)12-27-16-9-7-15(26-2)8-10-16/h3-11,13H,12H2,1-2H3,(H,22,23,25). The van der Waals surface area contributed by atoms with Crippen LogP contribution in [-0.2, 0) is 13.7 Å². The Bertz CT molecular complexity index is 1120. The van der Waals surface area contributed by atoms with Gasteiger partial charge in [-0.15, -0.1) is 11.3 Å². The third-order valence-electron chi connectivity index (χ3n) is 4.35. The molecule has 28 heavy (non-hydrogen) atoms. The lowest BCUT2D eigenvalue weighted by atomic mass is 10.3. The van der Waals surface area contributed by atoms with Crippen LogP contribution in [0, 0.1) is 0 Å². The molecular formula is C21H19N3O3S. The summed E-state index contributed by atoms with van der Waals surface area (Å²) in [5.41, 5.74) is 2.76. The SMILES string of the molecule is COc1ccc(OCc2csc(C(=O)Nc3nc4ccccc4n3C)c2)cc1. The highest BCUT2D eigenvalue weighted by Crippen LogP contribution is 2.22. The van der Waals surface area contributed by atoms with Gasteiger partial charge in [0.15, 0.2) is 0 Å². The minimum atomic E-state index is -0.181. The van der Waals surface area contributed by atoms with Crippen LogP contribution in [0.15, 0.2) is 60.0 Å². The molecule has 0 radical (unpaired) electrons. The summed E-state index contributed by atoms with van der Waals surface area (Å²) in [6, 6.07) is 17.0. The molecule has 4 rings (SSSR count). The van der Waals surface area contributed by atoms with Crippen LogP contribution in [-0.4, -0.2) is 22.6 Å². The van der Waals surface area contributed by atoms with E-state index in [1.807, 2.05) is 71.6 Å². The third-order valence-corrected chi connectivity index (χ3v) is 5.33. The van der Waals surface area contributed by atoms with Gasteiger partial charge in [0.1, 0.15) is 18.1 Å². The van der Waals surface area contributed by atoms with E-state index in [2.05, 4.69) is 10.3 Å². The molecule has 0 saturated carbocycles. The van der Waals surface area contributed by atoms with E-state index in [-0.39, 0.29) is 5.91 Å². The third kappa shape index (κ3) is 3.70. The fourth-order valence-electron chi connectivity index (χ4n) is 2.83. The first-order chi connectivity index (χ1) is 13.6. The molecule has 142 valence electrons. The van der Waals surface area contributed by atoms with Crippen LogP contribution in [0.1, 0.15) is 15.2 Å². The first kappa shape index (κ1) is 18.1. The number of imidazole rings is 1. The lowest BCUT2D eigenvalue weighted by Gasteiger charge is -2.05. The second kappa shape index (κ2) is 7.74. The molecule has 0 aliphatic heterocycles. The van der Waals surface area contributed by atoms with Crippen LogP contribution < -0.4 is 14.8 Å². The van der Waals surface area contributed by atoms with Crippen LogP contribution in [0.3, 0.4) is 0 Å². The molecule has 2 aromatic carbocycles. The van der Waals surface area contributed by atoms with Crippen LogP contribution in [0.5, 0.6) is 11.5 Å². The van der Waals surface area contributed by atoms with Gasteiger partial charge in [-0.25, -0.2) is 4.98 Å². The largest absolute Gasteiger partial charge is 0.497 e. The van der Waals surface area contributed by atoms with Gasteiger partial charge in [0.05, 0.1) is 23.0 Å². The molecule has 0 spiro atoms. The van der Waals surface area contributed by atoms with Crippen molar-refractivity contribution in [1.29, 1.82) is 0 Å². The van der Waals surface area contributed by atoms with Gasteiger partial charge >= 0.3 is 0 Å². The predicted octanol–water partition coefficient (Wildman–Crippen LogP) is 4.47. The minimum Gasteiger partial charge on any atom is -0.497 e. The van der Waals surface area contributed by atoms with Gasteiger partial charge < -0.3 is 14.0 Å². The number of carbonyl (C=O) groups is 1. The summed E-state index contributed by atoms with van der Waals surface area (Å²) < 4.78 is 12.8. The van der Waals surface area contributed by atoms with Crippen molar-refractivity contribution in [2.45, 2.75) is 6.61 Å². The zero-order valence-electron chi connectivity index (χ0n) is 15.5. The van der Waals surface area contributed by atoms with Crippen molar-refractivity contribution in [2.75, 3.05) is 12.4 Å². The molecule has 6 nitrogen and oxygen atoms in total. The van der Waals surface area contributed by atoms with E-state index in [4.69, 9.17) is 9.47 Å². The van der Waals surface area contributed by atoms with Gasteiger partial charge in [-0.1, -0.05) is 12.1 Å². The quantitative estimate of drug-likeness (QED) is 0.525. The molecule has 0 bridgehead atoms. The van der Waals surface area contributed by atoms with Crippen molar-refractivity contribution >= 4 is 34.2 Å². The number of carbonyl (C=O) groups excluding carboxylic acids is 1. The number of fused-ring (bicyclic) bond motifs is 1. The van der Waals surface area contributed by atoms with E-state index < -0.39 is 0 Å². The first-order valence-corrected chi connectivity index (χ1v) is 9.59. The molecule has 0 saturated heterocycles. The number of thiophene rings is 1. The number of para-hydroxylation sites is 2. The van der Waals surface area contributed by atoms with Crippen LogP contribution in [0.25, 0.3) is 11.0 Å². The average Bonchev–Trinajstić information content (AvgIpc) is 3.32. The van der Waals surface area contributed by atoms with Crippen molar-refractivity contribution in [3.05, 3.63) is 70.4 Å². The summed E-state index contributed by atoms with van der Waals surface area (Å²) in [6.45, 7) is 0.391. The monoisotopic (exact) mass is 393 g/mol. The molecule has 0 fully saturated rings. The summed E-state index contributed by atoms with van der Waals surface area (Å²) in [5, 5.41) is 4.81. The van der Waals surface area contributed by atoms with Gasteiger partial charge in [-0.05, 0) is 47.8 Å². The highest BCUT2D eigenvalue weighted by Gasteiger charge is 2.14. The van der Waals surface area contributed by atoms with Crippen LogP contribution in [0.4, 0.5) is 5.95 Å². The number of ether oxygens (including phenoxy) is 2. The second-order valence-corrected chi connectivity index (χ2v) is 7.13. The fourth-order valence-corrected chi connectivity index (χ4v) is 3.62. The van der Waals surface area contributed by atoms with Crippen LogP contribution in [0.2, 0.25) is 0 Å². The maximum Gasteiger partial charge on any atom is 0.268 e. The van der Waals surface area contributed by atoms with Gasteiger partial charge in [0, 0.05) is 12.6 Å². The lowest BCUT2D eigenvalue weighted by Crippen LogP contribution is -2.13.